The van der Waals surface area contributed by atoms with Gasteiger partial charge in [-0.1, -0.05) is 0 Å². The summed E-state index contributed by atoms with van der Waals surface area (Å²) in [6.07, 6.45) is 8.20. The summed E-state index contributed by atoms with van der Waals surface area (Å²) in [7, 11) is -3.66. The second-order valence-electron chi connectivity index (χ2n) is 3.61. The van der Waals surface area contributed by atoms with E-state index < -0.39 is 16.0 Å². The summed E-state index contributed by atoms with van der Waals surface area (Å²) in [5.74, 6) is 1.26. The number of carboxylic acid groups (broad SMARTS) is 1. The van der Waals surface area contributed by atoms with E-state index in [2.05, 4.69) is 15.6 Å². The summed E-state index contributed by atoms with van der Waals surface area (Å²) in [6.45, 7) is 0.275. The number of sulfonamides is 1. The van der Waals surface area contributed by atoms with Crippen LogP contribution in [0, 0.1) is 12.3 Å². The van der Waals surface area contributed by atoms with Crippen molar-refractivity contribution < 1.29 is 18.3 Å². The van der Waals surface area contributed by atoms with E-state index in [0.717, 1.165) is 18.7 Å². The number of aromatic amines is 1. The Hall–Kier alpha value is -1.78. The Morgan fingerprint density at radius 3 is 2.78 bits per heavy atom. The van der Waals surface area contributed by atoms with Gasteiger partial charge in [0, 0.05) is 19.2 Å². The number of aromatic carboxylic acids is 1. The SMILES string of the molecule is C#CCCCCNS(=O)(=O)c1c[nH]c(C(=O)O)c1. The first-order valence-corrected chi connectivity index (χ1v) is 6.80. The summed E-state index contributed by atoms with van der Waals surface area (Å²) in [5.41, 5.74) is -0.164. The van der Waals surface area contributed by atoms with Gasteiger partial charge in [0.05, 0.1) is 0 Å². The lowest BCUT2D eigenvalue weighted by Crippen LogP contribution is -2.24. The molecule has 0 aliphatic rings. The van der Waals surface area contributed by atoms with Gasteiger partial charge in [0.15, 0.2) is 0 Å². The fourth-order valence-corrected chi connectivity index (χ4v) is 2.36. The van der Waals surface area contributed by atoms with Crippen molar-refractivity contribution in [2.45, 2.75) is 24.2 Å². The second kappa shape index (κ2) is 6.23. The molecular formula is C11H14N2O4S. The molecule has 0 atom stereocenters. The second-order valence-corrected chi connectivity index (χ2v) is 5.38. The van der Waals surface area contributed by atoms with Gasteiger partial charge in [0.1, 0.15) is 10.6 Å². The van der Waals surface area contributed by atoms with E-state index in [1.165, 1.54) is 0 Å². The van der Waals surface area contributed by atoms with Crippen LogP contribution < -0.4 is 4.72 Å². The average Bonchev–Trinajstić information content (AvgIpc) is 2.78. The number of hydrogen-bond acceptors (Lipinski definition) is 3. The Bertz CT molecular complexity index is 554. The molecule has 18 heavy (non-hydrogen) atoms. The lowest BCUT2D eigenvalue weighted by molar-refractivity contribution is 0.0691. The monoisotopic (exact) mass is 270 g/mol. The van der Waals surface area contributed by atoms with Gasteiger partial charge >= 0.3 is 5.97 Å². The molecule has 6 nitrogen and oxygen atoms in total. The van der Waals surface area contributed by atoms with Crippen molar-refractivity contribution in [3.05, 3.63) is 18.0 Å². The minimum absolute atomic E-state index is 0.0863. The normalized spacial score (nSPS) is 11.1. The van der Waals surface area contributed by atoms with Crippen LogP contribution in [0.25, 0.3) is 0 Å². The average molecular weight is 270 g/mol. The first-order valence-electron chi connectivity index (χ1n) is 5.32. The lowest BCUT2D eigenvalue weighted by atomic mass is 10.2. The predicted octanol–water partition coefficient (Wildman–Crippen LogP) is 0.795. The van der Waals surface area contributed by atoms with Gasteiger partial charge in [0.25, 0.3) is 0 Å². The van der Waals surface area contributed by atoms with E-state index in [1.54, 1.807) is 0 Å². The smallest absolute Gasteiger partial charge is 0.352 e. The molecule has 0 unspecified atom stereocenters. The van der Waals surface area contributed by atoms with Crippen molar-refractivity contribution >= 4 is 16.0 Å². The maximum Gasteiger partial charge on any atom is 0.352 e. The van der Waals surface area contributed by atoms with Crippen LogP contribution in [0.3, 0.4) is 0 Å². The summed E-state index contributed by atoms with van der Waals surface area (Å²) in [6, 6.07) is 1.08. The molecule has 0 radical (unpaired) electrons. The predicted molar refractivity (Wildman–Crippen MR) is 65.6 cm³/mol. The van der Waals surface area contributed by atoms with Gasteiger partial charge in [-0.3, -0.25) is 0 Å². The van der Waals surface area contributed by atoms with Gasteiger partial charge in [-0.25, -0.2) is 17.9 Å². The third kappa shape index (κ3) is 3.91. The molecule has 0 amide bonds. The maximum atomic E-state index is 11.7. The largest absolute Gasteiger partial charge is 0.477 e. The molecule has 0 aromatic carbocycles. The first-order chi connectivity index (χ1) is 8.47. The highest BCUT2D eigenvalue weighted by molar-refractivity contribution is 7.89. The summed E-state index contributed by atoms with van der Waals surface area (Å²) < 4.78 is 25.9. The molecule has 1 aromatic rings. The molecule has 1 heterocycles. The summed E-state index contributed by atoms with van der Waals surface area (Å²) >= 11 is 0. The Kier molecular flexibility index (Phi) is 4.95. The summed E-state index contributed by atoms with van der Waals surface area (Å²) in [4.78, 5) is 12.9. The van der Waals surface area contributed by atoms with Crippen molar-refractivity contribution in [1.82, 2.24) is 9.71 Å². The number of unbranched alkanes of at least 4 members (excludes halogenated alkanes) is 2. The molecule has 0 fully saturated rings. The lowest BCUT2D eigenvalue weighted by Gasteiger charge is -2.03. The molecule has 0 saturated carbocycles. The van der Waals surface area contributed by atoms with Gasteiger partial charge in [-0.2, -0.15) is 0 Å². The molecular weight excluding hydrogens is 256 g/mol. The zero-order chi connectivity index (χ0) is 13.6. The Morgan fingerprint density at radius 1 is 1.50 bits per heavy atom. The standard InChI is InChI=1S/C11H14N2O4S/c1-2-3-4-5-6-13-18(16,17)9-7-10(11(14)15)12-8-9/h1,7-8,12-13H,3-6H2,(H,14,15). The maximum absolute atomic E-state index is 11.7. The van der Waals surface area contributed by atoms with E-state index in [-0.39, 0.29) is 17.1 Å². The molecule has 0 spiro atoms. The molecule has 7 heteroatoms. The van der Waals surface area contributed by atoms with Crippen LogP contribution >= 0.6 is 0 Å². The van der Waals surface area contributed by atoms with Crippen molar-refractivity contribution in [2.24, 2.45) is 0 Å². The summed E-state index contributed by atoms with van der Waals surface area (Å²) in [5, 5.41) is 8.67. The number of aromatic nitrogens is 1. The Morgan fingerprint density at radius 2 is 2.22 bits per heavy atom. The van der Waals surface area contributed by atoms with E-state index in [4.69, 9.17) is 11.5 Å². The highest BCUT2D eigenvalue weighted by Crippen LogP contribution is 2.10. The number of terminal acetylenes is 1. The topological polar surface area (TPSA) is 99.3 Å². The fourth-order valence-electron chi connectivity index (χ4n) is 1.30. The number of carboxylic acids is 1. The highest BCUT2D eigenvalue weighted by atomic mass is 32.2. The number of H-pyrrole nitrogens is 1. The molecule has 0 aliphatic heterocycles. The van der Waals surface area contributed by atoms with Crippen LogP contribution in [-0.4, -0.2) is 31.0 Å². The molecule has 1 aromatic heterocycles. The van der Waals surface area contributed by atoms with Crippen LogP contribution in [0.15, 0.2) is 17.2 Å². The fraction of sp³-hybridized carbons (Fsp3) is 0.364. The van der Waals surface area contributed by atoms with Gasteiger partial charge in [0.2, 0.25) is 10.0 Å². The van der Waals surface area contributed by atoms with Crippen LogP contribution in [0.5, 0.6) is 0 Å². The highest BCUT2D eigenvalue weighted by Gasteiger charge is 2.17. The minimum atomic E-state index is -3.66. The van der Waals surface area contributed by atoms with Crippen molar-refractivity contribution in [3.8, 4) is 12.3 Å². The first kappa shape index (κ1) is 14.3. The molecule has 0 bridgehead atoms. The zero-order valence-electron chi connectivity index (χ0n) is 9.64. The van der Waals surface area contributed by atoms with E-state index >= 15 is 0 Å². The Balaban J connectivity index is 2.58. The Labute approximate surface area is 105 Å². The van der Waals surface area contributed by atoms with E-state index in [9.17, 15) is 13.2 Å². The number of carbonyl (C=O) groups is 1. The number of hydrogen-bond donors (Lipinski definition) is 3. The van der Waals surface area contributed by atoms with Crippen molar-refractivity contribution in [2.75, 3.05) is 6.54 Å². The van der Waals surface area contributed by atoms with Gasteiger partial charge in [-0.15, -0.1) is 12.3 Å². The molecule has 0 aliphatic carbocycles. The number of nitrogens with one attached hydrogen (secondary N) is 2. The molecule has 0 saturated heterocycles. The third-order valence-corrected chi connectivity index (χ3v) is 3.68. The third-order valence-electron chi connectivity index (χ3n) is 2.24. The minimum Gasteiger partial charge on any atom is -0.477 e. The van der Waals surface area contributed by atoms with E-state index in [1.807, 2.05) is 0 Å². The number of rotatable bonds is 7. The quantitative estimate of drug-likeness (QED) is 0.504. The van der Waals surface area contributed by atoms with Crippen molar-refractivity contribution in [1.29, 1.82) is 0 Å². The van der Waals surface area contributed by atoms with Gasteiger partial charge in [-0.05, 0) is 18.9 Å². The van der Waals surface area contributed by atoms with Gasteiger partial charge < -0.3 is 10.1 Å². The van der Waals surface area contributed by atoms with Crippen LogP contribution in [-0.2, 0) is 10.0 Å². The van der Waals surface area contributed by atoms with Crippen LogP contribution in [0.2, 0.25) is 0 Å². The molecule has 3 N–H and O–H groups in total. The van der Waals surface area contributed by atoms with Crippen LogP contribution in [0.1, 0.15) is 29.8 Å². The van der Waals surface area contributed by atoms with Crippen LogP contribution in [0.4, 0.5) is 0 Å². The van der Waals surface area contributed by atoms with Crippen molar-refractivity contribution in [3.63, 3.8) is 0 Å². The zero-order valence-corrected chi connectivity index (χ0v) is 10.5. The van der Waals surface area contributed by atoms with E-state index in [0.29, 0.717) is 12.8 Å². The molecule has 1 rings (SSSR count). The molecule has 98 valence electrons.